The molecule has 3 aromatic rings. The van der Waals surface area contributed by atoms with E-state index in [0.29, 0.717) is 10.8 Å². The monoisotopic (exact) mass is 357 g/mol. The number of hydrogen-bond donors (Lipinski definition) is 1. The fraction of sp³-hybridized carbons (Fsp3) is 0.188. The highest BCUT2D eigenvalue weighted by Crippen LogP contribution is 2.28. The number of anilines is 1. The SMILES string of the molecule is Cc1cc(NC(=O)CSc2nnc3ccccn23)c([N+](=O)[O-])cc1C. The standard InChI is InChI=1S/C16H15N5O3S/c1-10-7-12(13(21(23)24)8-11(10)2)17-15(22)9-25-16-19-18-14-5-3-4-6-20(14)16/h3-8H,9H2,1-2H3,(H,17,22). The Morgan fingerprint density at radius 1 is 1.28 bits per heavy atom. The van der Waals surface area contributed by atoms with Crippen LogP contribution in [-0.2, 0) is 4.79 Å². The van der Waals surface area contributed by atoms with Gasteiger partial charge in [0.05, 0.1) is 10.7 Å². The molecule has 0 bridgehead atoms. The predicted octanol–water partition coefficient (Wildman–Crippen LogP) is 2.99. The fourth-order valence-electron chi connectivity index (χ4n) is 2.29. The number of thioether (sulfide) groups is 1. The lowest BCUT2D eigenvalue weighted by molar-refractivity contribution is -0.384. The number of nitro benzene ring substituents is 1. The first-order valence-electron chi connectivity index (χ1n) is 7.44. The van der Waals surface area contributed by atoms with E-state index in [2.05, 4.69) is 15.5 Å². The molecular formula is C16H15N5O3S. The molecule has 0 spiro atoms. The molecule has 0 aliphatic heterocycles. The number of carbonyl (C=O) groups excluding carboxylic acids is 1. The fourth-order valence-corrected chi connectivity index (χ4v) is 3.01. The van der Waals surface area contributed by atoms with Crippen molar-refractivity contribution >= 4 is 34.7 Å². The molecule has 0 aliphatic carbocycles. The number of pyridine rings is 1. The number of benzene rings is 1. The smallest absolute Gasteiger partial charge is 0.293 e. The minimum atomic E-state index is -0.499. The first kappa shape index (κ1) is 16.9. The first-order valence-corrected chi connectivity index (χ1v) is 8.42. The molecule has 2 heterocycles. The number of nitrogens with zero attached hydrogens (tertiary/aromatic N) is 4. The molecule has 128 valence electrons. The van der Waals surface area contributed by atoms with Gasteiger partial charge >= 0.3 is 0 Å². The lowest BCUT2D eigenvalue weighted by Gasteiger charge is -2.08. The van der Waals surface area contributed by atoms with Gasteiger partial charge in [-0.25, -0.2) is 0 Å². The molecular weight excluding hydrogens is 342 g/mol. The zero-order valence-electron chi connectivity index (χ0n) is 13.6. The van der Waals surface area contributed by atoms with Gasteiger partial charge < -0.3 is 5.32 Å². The summed E-state index contributed by atoms with van der Waals surface area (Å²) in [7, 11) is 0. The molecule has 25 heavy (non-hydrogen) atoms. The Kier molecular flexibility index (Phi) is 4.66. The van der Waals surface area contributed by atoms with Crippen molar-refractivity contribution in [1.82, 2.24) is 14.6 Å². The van der Waals surface area contributed by atoms with Gasteiger partial charge in [0, 0.05) is 12.3 Å². The van der Waals surface area contributed by atoms with Crippen LogP contribution < -0.4 is 5.32 Å². The molecule has 0 saturated carbocycles. The van der Waals surface area contributed by atoms with E-state index in [1.54, 1.807) is 17.4 Å². The van der Waals surface area contributed by atoms with Crippen molar-refractivity contribution in [3.63, 3.8) is 0 Å². The molecule has 0 radical (unpaired) electrons. The lowest BCUT2D eigenvalue weighted by atomic mass is 10.1. The molecule has 9 heteroatoms. The first-order chi connectivity index (χ1) is 12.0. The van der Waals surface area contributed by atoms with E-state index in [9.17, 15) is 14.9 Å². The predicted molar refractivity (Wildman–Crippen MR) is 94.9 cm³/mol. The Labute approximate surface area is 147 Å². The average molecular weight is 357 g/mol. The van der Waals surface area contributed by atoms with Crippen LogP contribution in [0.1, 0.15) is 11.1 Å². The maximum Gasteiger partial charge on any atom is 0.293 e. The summed E-state index contributed by atoms with van der Waals surface area (Å²) < 4.78 is 1.77. The number of aromatic nitrogens is 3. The van der Waals surface area contributed by atoms with E-state index in [-0.39, 0.29) is 23.0 Å². The minimum Gasteiger partial charge on any atom is -0.320 e. The Morgan fingerprint density at radius 2 is 2.04 bits per heavy atom. The number of rotatable bonds is 5. The van der Waals surface area contributed by atoms with Crippen molar-refractivity contribution in [2.24, 2.45) is 0 Å². The highest BCUT2D eigenvalue weighted by Gasteiger charge is 2.18. The van der Waals surface area contributed by atoms with E-state index in [1.165, 1.54) is 17.8 Å². The molecule has 0 unspecified atom stereocenters. The molecule has 0 saturated heterocycles. The Bertz CT molecular complexity index is 970. The van der Waals surface area contributed by atoms with Crippen LogP contribution in [0.15, 0.2) is 41.7 Å². The summed E-state index contributed by atoms with van der Waals surface area (Å²) >= 11 is 1.21. The highest BCUT2D eigenvalue weighted by molar-refractivity contribution is 7.99. The van der Waals surface area contributed by atoms with Crippen molar-refractivity contribution in [2.75, 3.05) is 11.1 Å². The van der Waals surface area contributed by atoms with Gasteiger partial charge in [0.15, 0.2) is 10.8 Å². The van der Waals surface area contributed by atoms with Crippen LogP contribution in [0.3, 0.4) is 0 Å². The molecule has 0 atom stereocenters. The number of aryl methyl sites for hydroxylation is 2. The van der Waals surface area contributed by atoms with Gasteiger partial charge in [0.1, 0.15) is 5.69 Å². The van der Waals surface area contributed by atoms with Crippen LogP contribution >= 0.6 is 11.8 Å². The summed E-state index contributed by atoms with van der Waals surface area (Å²) in [4.78, 5) is 22.9. The third kappa shape index (κ3) is 3.61. The van der Waals surface area contributed by atoms with Gasteiger partial charge in [-0.05, 0) is 43.2 Å². The summed E-state index contributed by atoms with van der Waals surface area (Å²) in [6.07, 6.45) is 1.81. The topological polar surface area (TPSA) is 102 Å². The van der Waals surface area contributed by atoms with Crippen LogP contribution in [0.4, 0.5) is 11.4 Å². The maximum atomic E-state index is 12.2. The van der Waals surface area contributed by atoms with E-state index in [4.69, 9.17) is 0 Å². The number of fused-ring (bicyclic) bond motifs is 1. The Morgan fingerprint density at radius 3 is 2.80 bits per heavy atom. The number of hydrogen-bond acceptors (Lipinski definition) is 6. The second-order valence-corrected chi connectivity index (χ2v) is 6.40. The maximum absolute atomic E-state index is 12.2. The van der Waals surface area contributed by atoms with Crippen LogP contribution in [-0.4, -0.2) is 31.2 Å². The van der Waals surface area contributed by atoms with Crippen molar-refractivity contribution in [3.05, 3.63) is 57.8 Å². The molecule has 0 fully saturated rings. The average Bonchev–Trinajstić information content (AvgIpc) is 2.99. The zero-order valence-corrected chi connectivity index (χ0v) is 14.4. The summed E-state index contributed by atoms with van der Waals surface area (Å²) in [5, 5.41) is 22.4. The number of carbonyl (C=O) groups is 1. The molecule has 3 rings (SSSR count). The Hall–Kier alpha value is -2.94. The van der Waals surface area contributed by atoms with E-state index >= 15 is 0 Å². The summed E-state index contributed by atoms with van der Waals surface area (Å²) in [6, 6.07) is 8.59. The third-order valence-electron chi connectivity index (χ3n) is 3.70. The van der Waals surface area contributed by atoms with Crippen molar-refractivity contribution in [3.8, 4) is 0 Å². The summed E-state index contributed by atoms with van der Waals surface area (Å²) in [5.74, 6) is -0.274. The normalized spacial score (nSPS) is 10.8. The van der Waals surface area contributed by atoms with Crippen LogP contribution in [0.25, 0.3) is 5.65 Å². The third-order valence-corrected chi connectivity index (χ3v) is 4.64. The quantitative estimate of drug-likeness (QED) is 0.428. The number of amides is 1. The molecule has 1 N–H and O–H groups in total. The van der Waals surface area contributed by atoms with Gasteiger partial charge in [-0.2, -0.15) is 0 Å². The summed E-state index contributed by atoms with van der Waals surface area (Å²) in [6.45, 7) is 3.63. The number of nitrogens with one attached hydrogen (secondary N) is 1. The van der Waals surface area contributed by atoms with Crippen molar-refractivity contribution in [2.45, 2.75) is 19.0 Å². The molecule has 0 aliphatic rings. The number of nitro groups is 1. The van der Waals surface area contributed by atoms with Gasteiger partial charge in [-0.3, -0.25) is 19.3 Å². The van der Waals surface area contributed by atoms with Crippen LogP contribution in [0.2, 0.25) is 0 Å². The van der Waals surface area contributed by atoms with Crippen LogP contribution in [0.5, 0.6) is 0 Å². The second kappa shape index (κ2) is 6.89. The van der Waals surface area contributed by atoms with Crippen molar-refractivity contribution < 1.29 is 9.72 Å². The van der Waals surface area contributed by atoms with Gasteiger partial charge in [0.2, 0.25) is 5.91 Å². The van der Waals surface area contributed by atoms with Gasteiger partial charge in [-0.15, -0.1) is 10.2 Å². The summed E-state index contributed by atoms with van der Waals surface area (Å²) in [5.41, 5.74) is 2.44. The van der Waals surface area contributed by atoms with Crippen LogP contribution in [0, 0.1) is 24.0 Å². The largest absolute Gasteiger partial charge is 0.320 e. The molecule has 2 aromatic heterocycles. The second-order valence-electron chi connectivity index (χ2n) is 5.46. The highest BCUT2D eigenvalue weighted by atomic mass is 32.2. The van der Waals surface area contributed by atoms with E-state index in [0.717, 1.165) is 11.1 Å². The zero-order chi connectivity index (χ0) is 18.0. The van der Waals surface area contributed by atoms with E-state index in [1.807, 2.05) is 31.3 Å². The van der Waals surface area contributed by atoms with E-state index < -0.39 is 4.92 Å². The van der Waals surface area contributed by atoms with Crippen molar-refractivity contribution in [1.29, 1.82) is 0 Å². The Balaban J connectivity index is 1.73. The van der Waals surface area contributed by atoms with Gasteiger partial charge in [0.25, 0.3) is 5.69 Å². The minimum absolute atomic E-state index is 0.0692. The lowest BCUT2D eigenvalue weighted by Crippen LogP contribution is -2.15. The van der Waals surface area contributed by atoms with Gasteiger partial charge in [-0.1, -0.05) is 17.8 Å². The molecule has 1 amide bonds. The molecule has 1 aromatic carbocycles. The molecule has 8 nitrogen and oxygen atoms in total.